The van der Waals surface area contributed by atoms with Gasteiger partial charge in [-0.15, -0.1) is 0 Å². The first-order valence-electron chi connectivity index (χ1n) is 14.0. The van der Waals surface area contributed by atoms with Gasteiger partial charge in [-0.05, 0) is 23.8 Å². The maximum Gasteiger partial charge on any atom is 0.235 e. The zero-order valence-corrected chi connectivity index (χ0v) is 22.7. The molecule has 1 aliphatic carbocycles. The van der Waals surface area contributed by atoms with Gasteiger partial charge in [-0.25, -0.2) is 9.97 Å². The molecule has 3 aromatic heterocycles. The first kappa shape index (κ1) is 22.6. The van der Waals surface area contributed by atoms with E-state index in [-0.39, 0.29) is 5.41 Å². The molecule has 194 valence electrons. The quantitative estimate of drug-likeness (QED) is 0.225. The molecule has 4 heteroatoms. The van der Waals surface area contributed by atoms with E-state index in [1.807, 2.05) is 12.1 Å². The predicted molar refractivity (Wildman–Crippen MR) is 167 cm³/mol. The molecule has 0 fully saturated rings. The Morgan fingerprint density at radius 2 is 1.29 bits per heavy atom. The molecule has 9 rings (SSSR count). The van der Waals surface area contributed by atoms with Gasteiger partial charge in [0.2, 0.25) is 5.95 Å². The van der Waals surface area contributed by atoms with Crippen molar-refractivity contribution in [3.8, 4) is 28.5 Å². The Kier molecular flexibility index (Phi) is 4.36. The molecule has 4 nitrogen and oxygen atoms in total. The van der Waals surface area contributed by atoms with Crippen molar-refractivity contribution in [2.24, 2.45) is 0 Å². The number of rotatable bonds is 2. The van der Waals surface area contributed by atoms with Crippen LogP contribution in [0.25, 0.3) is 72.2 Å². The first-order chi connectivity index (χ1) is 20.1. The molecule has 0 N–H and O–H groups in total. The Morgan fingerprint density at radius 1 is 0.610 bits per heavy atom. The molecule has 0 saturated carbocycles. The highest BCUT2D eigenvalue weighted by molar-refractivity contribution is 6.21. The number of fused-ring (bicyclic) bond motifs is 10. The summed E-state index contributed by atoms with van der Waals surface area (Å²) in [7, 11) is 0. The van der Waals surface area contributed by atoms with Crippen LogP contribution in [0.4, 0.5) is 0 Å². The standard InChI is InChI=1S/C37H25N3O/c1-37(2)28-17-9-6-16-27(28)33-31(37)32(22-12-4-3-5-13-22)38-36(39-33)40-29-18-10-7-14-23(29)25-20-21-26-24-15-8-11-19-30(24)41-35(26)34(25)40/h3-21H,1-2H3. The molecular formula is C37H25N3O. The van der Waals surface area contributed by atoms with Crippen LogP contribution in [0.3, 0.4) is 0 Å². The third-order valence-electron chi connectivity index (χ3n) is 8.80. The molecule has 0 saturated heterocycles. The molecule has 41 heavy (non-hydrogen) atoms. The summed E-state index contributed by atoms with van der Waals surface area (Å²) >= 11 is 0. The first-order valence-corrected chi connectivity index (χ1v) is 14.0. The van der Waals surface area contributed by atoms with Crippen molar-refractivity contribution < 1.29 is 4.42 Å². The van der Waals surface area contributed by atoms with Crippen LogP contribution in [0.5, 0.6) is 0 Å². The molecule has 0 aliphatic heterocycles. The van der Waals surface area contributed by atoms with Gasteiger partial charge in [0, 0.05) is 43.7 Å². The highest BCUT2D eigenvalue weighted by Gasteiger charge is 2.40. The van der Waals surface area contributed by atoms with Crippen molar-refractivity contribution in [3.63, 3.8) is 0 Å². The van der Waals surface area contributed by atoms with Gasteiger partial charge in [0.25, 0.3) is 0 Å². The van der Waals surface area contributed by atoms with Crippen molar-refractivity contribution in [1.82, 2.24) is 14.5 Å². The molecule has 0 atom stereocenters. The van der Waals surface area contributed by atoms with E-state index in [1.165, 1.54) is 16.7 Å². The topological polar surface area (TPSA) is 43.9 Å². The van der Waals surface area contributed by atoms with E-state index in [4.69, 9.17) is 14.4 Å². The lowest BCUT2D eigenvalue weighted by atomic mass is 9.81. The summed E-state index contributed by atoms with van der Waals surface area (Å²) in [6, 6.07) is 40.3. The van der Waals surface area contributed by atoms with Crippen molar-refractivity contribution in [1.29, 1.82) is 0 Å². The van der Waals surface area contributed by atoms with E-state index < -0.39 is 0 Å². The van der Waals surface area contributed by atoms with Gasteiger partial charge in [0.05, 0.1) is 16.9 Å². The van der Waals surface area contributed by atoms with E-state index in [2.05, 4.69) is 122 Å². The molecule has 0 bridgehead atoms. The van der Waals surface area contributed by atoms with Crippen molar-refractivity contribution in [2.75, 3.05) is 0 Å². The third kappa shape index (κ3) is 2.94. The van der Waals surface area contributed by atoms with Crippen LogP contribution in [0, 0.1) is 0 Å². The SMILES string of the molecule is CC1(C)c2ccccc2-c2nc(-n3c4ccccc4c4ccc5c6ccccc6oc5c43)nc(-c3ccccc3)c21. The number of hydrogen-bond acceptors (Lipinski definition) is 3. The van der Waals surface area contributed by atoms with Gasteiger partial charge < -0.3 is 4.42 Å². The minimum absolute atomic E-state index is 0.234. The van der Waals surface area contributed by atoms with Gasteiger partial charge in [0.15, 0.2) is 5.58 Å². The second kappa shape index (κ2) is 7.92. The fourth-order valence-electron chi connectivity index (χ4n) is 6.95. The van der Waals surface area contributed by atoms with E-state index >= 15 is 0 Å². The van der Waals surface area contributed by atoms with E-state index in [0.29, 0.717) is 5.95 Å². The van der Waals surface area contributed by atoms with Crippen LogP contribution >= 0.6 is 0 Å². The third-order valence-corrected chi connectivity index (χ3v) is 8.80. The van der Waals surface area contributed by atoms with Crippen LogP contribution in [0.2, 0.25) is 0 Å². The van der Waals surface area contributed by atoms with Crippen LogP contribution < -0.4 is 0 Å². The Hall–Kier alpha value is -5.22. The Balaban J connectivity index is 1.47. The molecule has 3 heterocycles. The summed E-state index contributed by atoms with van der Waals surface area (Å²) in [5, 5.41) is 4.47. The summed E-state index contributed by atoms with van der Waals surface area (Å²) < 4.78 is 8.78. The molecule has 0 radical (unpaired) electrons. The molecule has 8 aromatic rings. The van der Waals surface area contributed by atoms with Gasteiger partial charge >= 0.3 is 0 Å². The second-order valence-corrected chi connectivity index (χ2v) is 11.4. The summed E-state index contributed by atoms with van der Waals surface area (Å²) in [6.07, 6.45) is 0. The zero-order chi connectivity index (χ0) is 27.3. The normalized spacial score (nSPS) is 13.8. The van der Waals surface area contributed by atoms with Crippen molar-refractivity contribution >= 4 is 43.7 Å². The number of furan rings is 1. The summed E-state index contributed by atoms with van der Waals surface area (Å²) in [5.41, 5.74) is 10.2. The molecular weight excluding hydrogens is 502 g/mol. The smallest absolute Gasteiger partial charge is 0.235 e. The lowest BCUT2D eigenvalue weighted by molar-refractivity contribution is 0.656. The summed E-state index contributed by atoms with van der Waals surface area (Å²) in [4.78, 5) is 10.8. The molecule has 1 aliphatic rings. The Labute approximate surface area is 236 Å². The average Bonchev–Trinajstić information content (AvgIpc) is 3.64. The number of aromatic nitrogens is 3. The van der Waals surface area contributed by atoms with E-state index in [0.717, 1.165) is 60.7 Å². The van der Waals surface area contributed by atoms with Crippen LogP contribution in [-0.2, 0) is 5.41 Å². The highest BCUT2D eigenvalue weighted by atomic mass is 16.3. The maximum atomic E-state index is 6.58. The van der Waals surface area contributed by atoms with E-state index in [1.54, 1.807) is 0 Å². The largest absolute Gasteiger partial charge is 0.454 e. The predicted octanol–water partition coefficient (Wildman–Crippen LogP) is 9.45. The fourth-order valence-corrected chi connectivity index (χ4v) is 6.95. The van der Waals surface area contributed by atoms with Crippen molar-refractivity contribution in [3.05, 3.63) is 126 Å². The molecule has 0 spiro atoms. The monoisotopic (exact) mass is 527 g/mol. The molecule has 0 amide bonds. The van der Waals surface area contributed by atoms with E-state index in [9.17, 15) is 0 Å². The molecule has 0 unspecified atom stereocenters. The highest BCUT2D eigenvalue weighted by Crippen LogP contribution is 2.51. The second-order valence-electron chi connectivity index (χ2n) is 11.4. The lowest BCUT2D eigenvalue weighted by Crippen LogP contribution is -2.18. The lowest BCUT2D eigenvalue weighted by Gasteiger charge is -2.24. The average molecular weight is 528 g/mol. The van der Waals surface area contributed by atoms with Gasteiger partial charge in [0.1, 0.15) is 11.1 Å². The number of para-hydroxylation sites is 2. The number of nitrogens with zero attached hydrogens (tertiary/aromatic N) is 3. The Bertz CT molecular complexity index is 2340. The minimum atomic E-state index is -0.234. The van der Waals surface area contributed by atoms with Crippen molar-refractivity contribution in [2.45, 2.75) is 19.3 Å². The maximum absolute atomic E-state index is 6.58. The van der Waals surface area contributed by atoms with Gasteiger partial charge in [-0.3, -0.25) is 4.57 Å². The fraction of sp³-hybridized carbons (Fsp3) is 0.0811. The Morgan fingerprint density at radius 3 is 2.17 bits per heavy atom. The van der Waals surface area contributed by atoms with Crippen LogP contribution in [-0.4, -0.2) is 14.5 Å². The summed E-state index contributed by atoms with van der Waals surface area (Å²) in [6.45, 7) is 4.57. The van der Waals surface area contributed by atoms with Crippen LogP contribution in [0.1, 0.15) is 25.0 Å². The number of benzene rings is 5. The molecule has 5 aromatic carbocycles. The summed E-state index contributed by atoms with van der Waals surface area (Å²) in [5.74, 6) is 0.647. The van der Waals surface area contributed by atoms with Crippen LogP contribution in [0.15, 0.2) is 120 Å². The van der Waals surface area contributed by atoms with Gasteiger partial charge in [-0.1, -0.05) is 111 Å². The minimum Gasteiger partial charge on any atom is -0.454 e. The zero-order valence-electron chi connectivity index (χ0n) is 22.7. The number of hydrogen-bond donors (Lipinski definition) is 0. The van der Waals surface area contributed by atoms with Gasteiger partial charge in [-0.2, -0.15) is 0 Å².